The average Bonchev–Trinajstić information content (AvgIpc) is 2.39. The molecule has 3 unspecified atom stereocenters. The highest BCUT2D eigenvalue weighted by molar-refractivity contribution is 5.80. The minimum atomic E-state index is -0.675. The van der Waals surface area contributed by atoms with Gasteiger partial charge >= 0.3 is 0 Å². The first-order valence-corrected chi connectivity index (χ1v) is 7.72. The molecule has 108 valence electrons. The molecule has 0 aromatic rings. The van der Waals surface area contributed by atoms with E-state index in [1.54, 1.807) is 0 Å². The zero-order valence-electron chi connectivity index (χ0n) is 12.0. The lowest BCUT2D eigenvalue weighted by Gasteiger charge is -2.61. The number of amides is 1. The smallest absolute Gasteiger partial charge is 0.224 e. The molecule has 1 saturated heterocycles. The van der Waals surface area contributed by atoms with Crippen LogP contribution in [0, 0.1) is 5.92 Å². The van der Waals surface area contributed by atoms with E-state index < -0.39 is 5.60 Å². The number of carbonyl (C=O) groups excluding carboxylic acids is 1. The zero-order chi connectivity index (χ0) is 14.0. The Bertz CT molecular complexity index is 551. The lowest BCUT2D eigenvalue weighted by Crippen LogP contribution is -2.73. The fourth-order valence-corrected chi connectivity index (χ4v) is 4.97. The Hall–Kier alpha value is -1.13. The normalized spacial score (nSPS) is 43.4. The van der Waals surface area contributed by atoms with E-state index in [1.807, 2.05) is 0 Å². The lowest BCUT2D eigenvalue weighted by atomic mass is 9.53. The number of aliphatic hydroxyl groups is 1. The van der Waals surface area contributed by atoms with Gasteiger partial charge in [0.15, 0.2) is 0 Å². The summed E-state index contributed by atoms with van der Waals surface area (Å²) in [5.74, 6) is 0.251. The molecule has 0 spiro atoms. The molecule has 4 nitrogen and oxygen atoms in total. The minimum Gasteiger partial charge on any atom is -0.387 e. The van der Waals surface area contributed by atoms with Gasteiger partial charge in [0.2, 0.25) is 5.91 Å². The molecule has 0 aromatic heterocycles. The van der Waals surface area contributed by atoms with Gasteiger partial charge in [-0.3, -0.25) is 4.79 Å². The molecule has 4 heteroatoms. The highest BCUT2D eigenvalue weighted by atomic mass is 16.3. The summed E-state index contributed by atoms with van der Waals surface area (Å²) in [6.07, 6.45) is 7.10. The van der Waals surface area contributed by atoms with Crippen molar-refractivity contribution in [2.75, 3.05) is 6.54 Å². The summed E-state index contributed by atoms with van der Waals surface area (Å²) in [6.45, 7) is 3.12. The third-order valence-electron chi connectivity index (χ3n) is 5.74. The number of hydrogen-bond acceptors (Lipinski definition) is 3. The van der Waals surface area contributed by atoms with Crippen molar-refractivity contribution in [2.24, 2.45) is 5.92 Å². The van der Waals surface area contributed by atoms with Crippen LogP contribution in [-0.4, -0.2) is 28.7 Å². The summed E-state index contributed by atoms with van der Waals surface area (Å²) in [4.78, 5) is 11.7. The summed E-state index contributed by atoms with van der Waals surface area (Å²) < 4.78 is 0. The molecular formula is C16H22N2O2. The predicted octanol–water partition coefficient (Wildman–Crippen LogP) is 1.37. The molecule has 2 heterocycles. The minimum absolute atomic E-state index is 0.125. The third kappa shape index (κ3) is 1.41. The molecule has 1 amide bonds. The number of hydrogen-bond donors (Lipinski definition) is 3. The van der Waals surface area contributed by atoms with Crippen LogP contribution in [0.1, 0.15) is 45.4 Å². The van der Waals surface area contributed by atoms with Crippen molar-refractivity contribution < 1.29 is 9.90 Å². The molecule has 20 heavy (non-hydrogen) atoms. The molecule has 4 aliphatic rings. The Labute approximate surface area is 119 Å². The molecule has 2 bridgehead atoms. The van der Waals surface area contributed by atoms with E-state index >= 15 is 0 Å². The second-order valence-electron chi connectivity index (χ2n) is 6.87. The Morgan fingerprint density at radius 2 is 2.25 bits per heavy atom. The van der Waals surface area contributed by atoms with Crippen LogP contribution in [0.15, 0.2) is 22.9 Å². The summed E-state index contributed by atoms with van der Waals surface area (Å²) >= 11 is 0. The van der Waals surface area contributed by atoms with Crippen molar-refractivity contribution in [1.82, 2.24) is 10.6 Å². The average molecular weight is 274 g/mol. The van der Waals surface area contributed by atoms with E-state index in [4.69, 9.17) is 0 Å². The fraction of sp³-hybridized carbons (Fsp3) is 0.688. The van der Waals surface area contributed by atoms with E-state index in [0.29, 0.717) is 6.42 Å². The van der Waals surface area contributed by atoms with Crippen LogP contribution in [-0.2, 0) is 4.79 Å². The van der Waals surface area contributed by atoms with Crippen molar-refractivity contribution in [3.8, 4) is 0 Å². The van der Waals surface area contributed by atoms with Crippen molar-refractivity contribution in [2.45, 2.75) is 56.6 Å². The number of allylic oxidation sites excluding steroid dienone is 1. The van der Waals surface area contributed by atoms with Crippen LogP contribution >= 0.6 is 0 Å². The van der Waals surface area contributed by atoms with Crippen LogP contribution in [0.5, 0.6) is 0 Å². The predicted molar refractivity (Wildman–Crippen MR) is 75.8 cm³/mol. The van der Waals surface area contributed by atoms with Crippen molar-refractivity contribution >= 4 is 5.91 Å². The first-order chi connectivity index (χ1) is 9.55. The molecule has 2 aliphatic heterocycles. The van der Waals surface area contributed by atoms with E-state index in [0.717, 1.165) is 44.3 Å². The highest BCUT2D eigenvalue weighted by Gasteiger charge is 2.62. The van der Waals surface area contributed by atoms with Gasteiger partial charge in [-0.25, -0.2) is 0 Å². The van der Waals surface area contributed by atoms with E-state index in [-0.39, 0.29) is 17.4 Å². The maximum Gasteiger partial charge on any atom is 0.224 e. The van der Waals surface area contributed by atoms with Gasteiger partial charge in [-0.2, -0.15) is 0 Å². The van der Waals surface area contributed by atoms with Crippen LogP contribution in [0.4, 0.5) is 0 Å². The lowest BCUT2D eigenvalue weighted by molar-refractivity contribution is -0.125. The number of carbonyl (C=O) groups is 1. The quantitative estimate of drug-likeness (QED) is 0.585. The van der Waals surface area contributed by atoms with Gasteiger partial charge in [0.05, 0.1) is 11.1 Å². The van der Waals surface area contributed by atoms with Crippen LogP contribution in [0.3, 0.4) is 0 Å². The molecule has 0 radical (unpaired) electrons. The molecule has 3 atom stereocenters. The fourth-order valence-electron chi connectivity index (χ4n) is 4.97. The van der Waals surface area contributed by atoms with Crippen LogP contribution in [0.25, 0.3) is 0 Å². The van der Waals surface area contributed by atoms with Crippen LogP contribution in [0.2, 0.25) is 0 Å². The number of rotatable bonds is 0. The Morgan fingerprint density at radius 1 is 1.40 bits per heavy atom. The van der Waals surface area contributed by atoms with E-state index in [9.17, 15) is 9.90 Å². The van der Waals surface area contributed by atoms with Crippen LogP contribution < -0.4 is 10.6 Å². The largest absolute Gasteiger partial charge is 0.387 e. The SMILES string of the molecule is CC1=CC2CC3=C(CCC(=O)N3)C3(C1)NCCCC23O. The first kappa shape index (κ1) is 12.6. The van der Waals surface area contributed by atoms with Gasteiger partial charge < -0.3 is 15.7 Å². The van der Waals surface area contributed by atoms with Gasteiger partial charge in [0.25, 0.3) is 0 Å². The Kier molecular flexibility index (Phi) is 2.49. The maximum atomic E-state index is 11.7. The third-order valence-corrected chi connectivity index (χ3v) is 5.74. The number of piperidine rings is 1. The zero-order valence-corrected chi connectivity index (χ0v) is 12.0. The van der Waals surface area contributed by atoms with Crippen molar-refractivity contribution in [3.05, 3.63) is 22.9 Å². The molecule has 0 saturated carbocycles. The van der Waals surface area contributed by atoms with Gasteiger partial charge in [0, 0.05) is 18.0 Å². The van der Waals surface area contributed by atoms with Gasteiger partial charge in [-0.05, 0) is 51.1 Å². The molecule has 0 aromatic carbocycles. The molecule has 2 aliphatic carbocycles. The number of nitrogens with one attached hydrogen (secondary N) is 2. The molecular weight excluding hydrogens is 252 g/mol. The molecule has 4 rings (SSSR count). The first-order valence-electron chi connectivity index (χ1n) is 7.72. The van der Waals surface area contributed by atoms with Gasteiger partial charge in [0.1, 0.15) is 0 Å². The summed E-state index contributed by atoms with van der Waals surface area (Å²) in [6, 6.07) is 0. The molecule has 1 fully saturated rings. The summed E-state index contributed by atoms with van der Waals surface area (Å²) in [5.41, 5.74) is 2.69. The van der Waals surface area contributed by atoms with Crippen molar-refractivity contribution in [1.29, 1.82) is 0 Å². The molecule has 3 N–H and O–H groups in total. The monoisotopic (exact) mass is 274 g/mol. The van der Waals surface area contributed by atoms with Gasteiger partial charge in [-0.15, -0.1) is 0 Å². The van der Waals surface area contributed by atoms with Gasteiger partial charge in [-0.1, -0.05) is 11.6 Å². The highest BCUT2D eigenvalue weighted by Crippen LogP contribution is 2.55. The second kappa shape index (κ2) is 3.95. The summed E-state index contributed by atoms with van der Waals surface area (Å²) in [5, 5.41) is 18.1. The second-order valence-corrected chi connectivity index (χ2v) is 6.87. The summed E-state index contributed by atoms with van der Waals surface area (Å²) in [7, 11) is 0. The van der Waals surface area contributed by atoms with E-state index in [1.165, 1.54) is 11.1 Å². The standard InChI is InChI=1S/C16H22N2O2/c1-10-7-11-8-13-12(3-4-14(19)18-13)15(9-10)16(11,20)5-2-6-17-15/h7,11,17,20H,2-6,8-9H2,1H3,(H,18,19). The maximum absolute atomic E-state index is 11.7. The van der Waals surface area contributed by atoms with Crippen molar-refractivity contribution in [3.63, 3.8) is 0 Å². The Morgan fingerprint density at radius 3 is 3.10 bits per heavy atom. The van der Waals surface area contributed by atoms with E-state index in [2.05, 4.69) is 23.6 Å². The Balaban J connectivity index is 1.90. The topological polar surface area (TPSA) is 61.4 Å².